The molecule has 2 aromatic rings. The minimum atomic E-state index is -3.57. The lowest BCUT2D eigenvalue weighted by Gasteiger charge is -2.33. The van der Waals surface area contributed by atoms with Crippen LogP contribution in [0.5, 0.6) is 0 Å². The number of aryl methyl sites for hydroxylation is 4. The third-order valence-electron chi connectivity index (χ3n) is 5.05. The number of carbonyl (C=O) groups excluding carboxylic acids is 1. The number of piperazine rings is 1. The van der Waals surface area contributed by atoms with Gasteiger partial charge in [-0.1, -0.05) is 17.7 Å². The van der Waals surface area contributed by atoms with Crippen molar-refractivity contribution in [2.45, 2.75) is 32.6 Å². The average Bonchev–Trinajstić information content (AvgIpc) is 2.96. The molecule has 0 atom stereocenters. The van der Waals surface area contributed by atoms with Crippen molar-refractivity contribution in [2.24, 2.45) is 0 Å². The van der Waals surface area contributed by atoms with Crippen LogP contribution in [-0.2, 0) is 10.0 Å². The highest BCUT2D eigenvalue weighted by atomic mass is 32.2. The van der Waals surface area contributed by atoms with Crippen LogP contribution in [0.15, 0.2) is 23.1 Å². The Morgan fingerprint density at radius 3 is 2.37 bits per heavy atom. The van der Waals surface area contributed by atoms with Crippen LogP contribution in [0, 0.1) is 27.7 Å². The molecule has 0 saturated carbocycles. The Bertz CT molecular complexity index is 938. The molecular weight excluding hydrogens is 364 g/mol. The molecule has 0 aliphatic carbocycles. The molecule has 1 aromatic carbocycles. The lowest BCUT2D eigenvalue weighted by atomic mass is 10.0. The van der Waals surface area contributed by atoms with Crippen LogP contribution in [0.2, 0.25) is 0 Å². The molecule has 8 heteroatoms. The third-order valence-corrected chi connectivity index (χ3v) is 7.21. The largest absolute Gasteiger partial charge is 0.293 e. The highest BCUT2D eigenvalue weighted by Crippen LogP contribution is 2.23. The fraction of sp³-hybridized carbons (Fsp3) is 0.474. The van der Waals surface area contributed by atoms with Gasteiger partial charge in [-0.3, -0.25) is 14.8 Å². The number of hydrogen-bond acceptors (Lipinski definition) is 5. The first-order valence-corrected chi connectivity index (χ1v) is 10.5. The van der Waals surface area contributed by atoms with Gasteiger partial charge in [0.25, 0.3) is 0 Å². The van der Waals surface area contributed by atoms with E-state index < -0.39 is 10.0 Å². The van der Waals surface area contributed by atoms with Crippen molar-refractivity contribution >= 4 is 15.8 Å². The van der Waals surface area contributed by atoms with Crippen LogP contribution in [0.3, 0.4) is 0 Å². The van der Waals surface area contributed by atoms with E-state index in [0.29, 0.717) is 44.1 Å². The molecule has 0 radical (unpaired) electrons. The molecule has 0 unspecified atom stereocenters. The van der Waals surface area contributed by atoms with Gasteiger partial charge in [-0.25, -0.2) is 8.42 Å². The Morgan fingerprint density at radius 1 is 1.11 bits per heavy atom. The number of nitrogens with zero attached hydrogens (tertiary/aromatic N) is 3. The summed E-state index contributed by atoms with van der Waals surface area (Å²) in [4.78, 5) is 14.9. The lowest BCUT2D eigenvalue weighted by Crippen LogP contribution is -2.50. The molecule has 146 valence electrons. The number of hydrogen-bond donors (Lipinski definition) is 1. The van der Waals surface area contributed by atoms with E-state index in [1.54, 1.807) is 13.8 Å². The zero-order chi connectivity index (χ0) is 19.8. The molecule has 1 aliphatic heterocycles. The number of aromatic amines is 1. The summed E-state index contributed by atoms with van der Waals surface area (Å²) in [6.45, 7) is 9.42. The predicted octanol–water partition coefficient (Wildman–Crippen LogP) is 1.83. The molecule has 0 spiro atoms. The maximum absolute atomic E-state index is 12.9. The first-order valence-electron chi connectivity index (χ1n) is 9.04. The molecule has 1 aromatic heterocycles. The summed E-state index contributed by atoms with van der Waals surface area (Å²) in [5, 5.41) is 6.73. The second-order valence-electron chi connectivity index (χ2n) is 7.18. The van der Waals surface area contributed by atoms with Crippen LogP contribution < -0.4 is 0 Å². The standard InChI is InChI=1S/C19H26N4O3S/c1-13-5-6-14(2)17(11-13)18(24)12-22-7-9-23(10-8-22)27(25,26)19-15(3)20-21-16(19)4/h5-6,11H,7-10,12H2,1-4H3,(H,20,21). The molecule has 1 aliphatic rings. The number of rotatable bonds is 5. The van der Waals surface area contributed by atoms with Crippen LogP contribution in [0.4, 0.5) is 0 Å². The third kappa shape index (κ3) is 3.97. The van der Waals surface area contributed by atoms with Gasteiger partial charge >= 0.3 is 0 Å². The van der Waals surface area contributed by atoms with Crippen LogP contribution in [-0.4, -0.2) is 66.3 Å². The zero-order valence-corrected chi connectivity index (χ0v) is 17.1. The quantitative estimate of drug-likeness (QED) is 0.787. The number of carbonyl (C=O) groups is 1. The van der Waals surface area contributed by atoms with Gasteiger partial charge in [0.1, 0.15) is 4.90 Å². The topological polar surface area (TPSA) is 86.4 Å². The summed E-state index contributed by atoms with van der Waals surface area (Å²) in [7, 11) is -3.57. The monoisotopic (exact) mass is 390 g/mol. The van der Waals surface area contributed by atoms with E-state index in [1.807, 2.05) is 36.9 Å². The average molecular weight is 391 g/mol. The fourth-order valence-corrected chi connectivity index (χ4v) is 5.26. The van der Waals surface area contributed by atoms with Gasteiger partial charge < -0.3 is 0 Å². The molecule has 1 saturated heterocycles. The van der Waals surface area contributed by atoms with Crippen molar-refractivity contribution in [3.63, 3.8) is 0 Å². The zero-order valence-electron chi connectivity index (χ0n) is 16.2. The molecule has 2 heterocycles. The van der Waals surface area contributed by atoms with Gasteiger partial charge in [-0.05, 0) is 39.3 Å². The van der Waals surface area contributed by atoms with Crippen molar-refractivity contribution in [1.29, 1.82) is 0 Å². The molecule has 0 amide bonds. The fourth-order valence-electron chi connectivity index (χ4n) is 3.50. The van der Waals surface area contributed by atoms with E-state index in [1.165, 1.54) is 4.31 Å². The van der Waals surface area contributed by atoms with Crippen LogP contribution in [0.25, 0.3) is 0 Å². The minimum absolute atomic E-state index is 0.0778. The second-order valence-corrected chi connectivity index (χ2v) is 9.06. The Hall–Kier alpha value is -2.03. The summed E-state index contributed by atoms with van der Waals surface area (Å²) < 4.78 is 27.3. The summed E-state index contributed by atoms with van der Waals surface area (Å²) in [6, 6.07) is 5.88. The molecule has 7 nitrogen and oxygen atoms in total. The first-order chi connectivity index (χ1) is 12.7. The number of nitrogens with one attached hydrogen (secondary N) is 1. The second kappa shape index (κ2) is 7.53. The maximum Gasteiger partial charge on any atom is 0.246 e. The highest BCUT2D eigenvalue weighted by Gasteiger charge is 2.32. The molecule has 1 fully saturated rings. The molecule has 27 heavy (non-hydrogen) atoms. The molecule has 1 N–H and O–H groups in total. The number of Topliss-reactive ketones (excluding diaryl/α,β-unsaturated/α-hetero) is 1. The molecule has 0 bridgehead atoms. The van der Waals surface area contributed by atoms with Gasteiger partial charge in [-0.2, -0.15) is 9.40 Å². The first kappa shape index (κ1) is 19.7. The van der Waals surface area contributed by atoms with Gasteiger partial charge in [-0.15, -0.1) is 0 Å². The van der Waals surface area contributed by atoms with E-state index in [-0.39, 0.29) is 10.7 Å². The summed E-state index contributed by atoms with van der Waals surface area (Å²) in [6.07, 6.45) is 0. The normalized spacial score (nSPS) is 16.6. The lowest BCUT2D eigenvalue weighted by molar-refractivity contribution is 0.0901. The van der Waals surface area contributed by atoms with Gasteiger partial charge in [0.05, 0.1) is 17.9 Å². The summed E-state index contributed by atoms with van der Waals surface area (Å²) >= 11 is 0. The van der Waals surface area contributed by atoms with Crippen molar-refractivity contribution < 1.29 is 13.2 Å². The Balaban J connectivity index is 1.65. The molecule has 3 rings (SSSR count). The van der Waals surface area contributed by atoms with Gasteiger partial charge in [0, 0.05) is 31.7 Å². The van der Waals surface area contributed by atoms with Crippen molar-refractivity contribution in [1.82, 2.24) is 19.4 Å². The Morgan fingerprint density at radius 2 is 1.78 bits per heavy atom. The van der Waals surface area contributed by atoms with Crippen molar-refractivity contribution in [3.8, 4) is 0 Å². The van der Waals surface area contributed by atoms with Crippen LogP contribution in [0.1, 0.15) is 32.9 Å². The predicted molar refractivity (Wildman–Crippen MR) is 104 cm³/mol. The number of sulfonamides is 1. The van der Waals surface area contributed by atoms with Crippen LogP contribution >= 0.6 is 0 Å². The Kier molecular flexibility index (Phi) is 5.50. The summed E-state index contributed by atoms with van der Waals surface area (Å²) in [5.41, 5.74) is 3.82. The van der Waals surface area contributed by atoms with Crippen molar-refractivity contribution in [2.75, 3.05) is 32.7 Å². The maximum atomic E-state index is 12.9. The van der Waals surface area contributed by atoms with E-state index in [0.717, 1.165) is 16.7 Å². The highest BCUT2D eigenvalue weighted by molar-refractivity contribution is 7.89. The van der Waals surface area contributed by atoms with Gasteiger partial charge in [0.2, 0.25) is 10.0 Å². The Labute approximate surface area is 160 Å². The van der Waals surface area contributed by atoms with E-state index in [2.05, 4.69) is 10.2 Å². The smallest absolute Gasteiger partial charge is 0.246 e. The number of ketones is 1. The van der Waals surface area contributed by atoms with E-state index in [9.17, 15) is 13.2 Å². The number of H-pyrrole nitrogens is 1. The number of benzene rings is 1. The summed E-state index contributed by atoms with van der Waals surface area (Å²) in [5.74, 6) is 0.0778. The van der Waals surface area contributed by atoms with Gasteiger partial charge in [0.15, 0.2) is 5.78 Å². The minimum Gasteiger partial charge on any atom is -0.293 e. The van der Waals surface area contributed by atoms with E-state index in [4.69, 9.17) is 0 Å². The van der Waals surface area contributed by atoms with Crippen molar-refractivity contribution in [3.05, 3.63) is 46.3 Å². The molecular formula is C19H26N4O3S. The number of aromatic nitrogens is 2. The SMILES string of the molecule is Cc1ccc(C)c(C(=O)CN2CCN(S(=O)(=O)c3c(C)n[nH]c3C)CC2)c1. The van der Waals surface area contributed by atoms with E-state index >= 15 is 0 Å².